The molecule has 0 aliphatic carbocycles. The van der Waals surface area contributed by atoms with Gasteiger partial charge in [0.05, 0.1) is 17.1 Å². The molecule has 0 saturated carbocycles. The standard InChI is InChI=1S/C12H12ClN3O2S/c1-15(5-4-10-3-2-6-19-10)12-8-9(16(17)18)7-11(13)14-12/h2-3,6-8H,4-5H2,1H3. The lowest BCUT2D eigenvalue weighted by Gasteiger charge is -2.17. The van der Waals surface area contributed by atoms with E-state index in [2.05, 4.69) is 11.1 Å². The van der Waals surface area contributed by atoms with Crippen LogP contribution in [0.1, 0.15) is 4.88 Å². The first kappa shape index (κ1) is 13.8. The van der Waals surface area contributed by atoms with Crippen LogP contribution in [0.5, 0.6) is 0 Å². The lowest BCUT2D eigenvalue weighted by Crippen LogP contribution is -2.21. The van der Waals surface area contributed by atoms with E-state index in [1.165, 1.54) is 17.0 Å². The molecule has 0 aliphatic heterocycles. The summed E-state index contributed by atoms with van der Waals surface area (Å²) in [7, 11) is 1.84. The van der Waals surface area contributed by atoms with Crippen molar-refractivity contribution in [3.63, 3.8) is 0 Å². The third kappa shape index (κ3) is 3.65. The Morgan fingerprint density at radius 2 is 2.32 bits per heavy atom. The normalized spacial score (nSPS) is 10.4. The number of anilines is 1. The smallest absolute Gasteiger partial charge is 0.276 e. The Hall–Kier alpha value is -1.66. The van der Waals surface area contributed by atoms with Gasteiger partial charge in [-0.15, -0.1) is 11.3 Å². The number of likely N-dealkylation sites (N-methyl/N-ethyl adjacent to an activating group) is 1. The maximum Gasteiger partial charge on any atom is 0.276 e. The SMILES string of the molecule is CN(CCc1cccs1)c1cc([N+](=O)[O-])cc(Cl)n1. The van der Waals surface area contributed by atoms with Crippen molar-refractivity contribution < 1.29 is 4.92 Å². The minimum atomic E-state index is -0.468. The molecule has 5 nitrogen and oxygen atoms in total. The molecule has 2 rings (SSSR count). The molecule has 0 aliphatic rings. The fourth-order valence-corrected chi connectivity index (χ4v) is 2.51. The van der Waals surface area contributed by atoms with Crippen molar-refractivity contribution in [1.82, 2.24) is 4.98 Å². The van der Waals surface area contributed by atoms with Gasteiger partial charge in [-0.05, 0) is 17.9 Å². The number of nitro groups is 1. The third-order valence-electron chi connectivity index (χ3n) is 2.64. The van der Waals surface area contributed by atoms with Crippen LogP contribution >= 0.6 is 22.9 Å². The first-order valence-corrected chi connectivity index (χ1v) is 6.87. The molecule has 2 heterocycles. The summed E-state index contributed by atoms with van der Waals surface area (Å²) >= 11 is 7.49. The number of nitrogens with zero attached hydrogens (tertiary/aromatic N) is 3. The Labute approximate surface area is 119 Å². The molecule has 0 aromatic carbocycles. The van der Waals surface area contributed by atoms with Crippen LogP contribution in [0.3, 0.4) is 0 Å². The van der Waals surface area contributed by atoms with Crippen LogP contribution in [-0.2, 0) is 6.42 Å². The topological polar surface area (TPSA) is 59.3 Å². The molecule has 0 radical (unpaired) electrons. The number of thiophene rings is 1. The summed E-state index contributed by atoms with van der Waals surface area (Å²) in [6.45, 7) is 0.727. The van der Waals surface area contributed by atoms with Crippen molar-refractivity contribution in [2.75, 3.05) is 18.5 Å². The van der Waals surface area contributed by atoms with Gasteiger partial charge in [-0.3, -0.25) is 10.1 Å². The van der Waals surface area contributed by atoms with Gasteiger partial charge >= 0.3 is 0 Å². The van der Waals surface area contributed by atoms with Crippen LogP contribution in [0.4, 0.5) is 11.5 Å². The number of rotatable bonds is 5. The van der Waals surface area contributed by atoms with E-state index < -0.39 is 4.92 Å². The van der Waals surface area contributed by atoms with Gasteiger partial charge in [0.2, 0.25) is 0 Å². The molecule has 7 heteroatoms. The van der Waals surface area contributed by atoms with Gasteiger partial charge in [0.25, 0.3) is 5.69 Å². The first-order valence-electron chi connectivity index (χ1n) is 5.62. The molecule has 19 heavy (non-hydrogen) atoms. The lowest BCUT2D eigenvalue weighted by atomic mass is 10.3. The van der Waals surface area contributed by atoms with E-state index in [9.17, 15) is 10.1 Å². The predicted octanol–water partition coefficient (Wildman–Crippen LogP) is 3.38. The summed E-state index contributed by atoms with van der Waals surface area (Å²) < 4.78 is 0. The van der Waals surface area contributed by atoms with E-state index in [1.807, 2.05) is 23.4 Å². The Bertz CT molecular complexity index is 574. The van der Waals surface area contributed by atoms with Gasteiger partial charge in [-0.25, -0.2) is 4.98 Å². The molecule has 0 fully saturated rings. The second-order valence-electron chi connectivity index (χ2n) is 4.01. The minimum absolute atomic E-state index is 0.0435. The van der Waals surface area contributed by atoms with Crippen molar-refractivity contribution in [2.45, 2.75) is 6.42 Å². The van der Waals surface area contributed by atoms with Crippen molar-refractivity contribution in [1.29, 1.82) is 0 Å². The summed E-state index contributed by atoms with van der Waals surface area (Å²) in [5.74, 6) is 0.510. The van der Waals surface area contributed by atoms with Gasteiger partial charge in [0.1, 0.15) is 11.0 Å². The molecule has 0 spiro atoms. The van der Waals surface area contributed by atoms with E-state index >= 15 is 0 Å². The third-order valence-corrected chi connectivity index (χ3v) is 3.77. The number of halogens is 1. The average Bonchev–Trinajstić information content (AvgIpc) is 2.88. The highest BCUT2D eigenvalue weighted by Crippen LogP contribution is 2.23. The zero-order valence-electron chi connectivity index (χ0n) is 10.2. The van der Waals surface area contributed by atoms with E-state index in [0.29, 0.717) is 5.82 Å². The summed E-state index contributed by atoms with van der Waals surface area (Å²) in [5.41, 5.74) is -0.0435. The monoisotopic (exact) mass is 297 g/mol. The molecule has 0 amide bonds. The number of pyridine rings is 1. The zero-order valence-corrected chi connectivity index (χ0v) is 11.8. The van der Waals surface area contributed by atoms with Crippen LogP contribution in [-0.4, -0.2) is 23.5 Å². The second kappa shape index (κ2) is 5.99. The first-order chi connectivity index (χ1) is 9.06. The Balaban J connectivity index is 2.09. The van der Waals surface area contributed by atoms with Gasteiger partial charge in [0.15, 0.2) is 0 Å². The molecular weight excluding hydrogens is 286 g/mol. The predicted molar refractivity (Wildman–Crippen MR) is 77.2 cm³/mol. The summed E-state index contributed by atoms with van der Waals surface area (Å²) in [6.07, 6.45) is 0.871. The van der Waals surface area contributed by atoms with Crippen molar-refractivity contribution in [3.05, 3.63) is 49.8 Å². The van der Waals surface area contributed by atoms with Crippen LogP contribution in [0.25, 0.3) is 0 Å². The highest BCUT2D eigenvalue weighted by Gasteiger charge is 2.13. The van der Waals surface area contributed by atoms with Gasteiger partial charge < -0.3 is 4.90 Å². The maximum atomic E-state index is 10.8. The van der Waals surface area contributed by atoms with E-state index in [1.54, 1.807) is 11.3 Å². The van der Waals surface area contributed by atoms with E-state index in [0.717, 1.165) is 13.0 Å². The number of aromatic nitrogens is 1. The summed E-state index contributed by atoms with van der Waals surface area (Å²) in [4.78, 5) is 17.5. The van der Waals surface area contributed by atoms with Gasteiger partial charge in [-0.2, -0.15) is 0 Å². The molecule has 0 N–H and O–H groups in total. The van der Waals surface area contributed by atoms with Crippen LogP contribution < -0.4 is 4.90 Å². The largest absolute Gasteiger partial charge is 0.359 e. The zero-order chi connectivity index (χ0) is 13.8. The van der Waals surface area contributed by atoms with Crippen LogP contribution in [0.15, 0.2) is 29.6 Å². The minimum Gasteiger partial charge on any atom is -0.359 e. The fourth-order valence-electron chi connectivity index (χ4n) is 1.62. The molecule has 0 atom stereocenters. The Kier molecular flexibility index (Phi) is 4.34. The fraction of sp³-hybridized carbons (Fsp3) is 0.250. The highest BCUT2D eigenvalue weighted by atomic mass is 35.5. The number of hydrogen-bond donors (Lipinski definition) is 0. The number of hydrogen-bond acceptors (Lipinski definition) is 5. The van der Waals surface area contributed by atoms with E-state index in [4.69, 9.17) is 11.6 Å². The molecule has 100 valence electrons. The van der Waals surface area contributed by atoms with Crippen molar-refractivity contribution in [3.8, 4) is 0 Å². The van der Waals surface area contributed by atoms with Crippen LogP contribution in [0.2, 0.25) is 5.15 Å². The van der Waals surface area contributed by atoms with Crippen molar-refractivity contribution in [2.24, 2.45) is 0 Å². The molecular formula is C12H12ClN3O2S. The van der Waals surface area contributed by atoms with Gasteiger partial charge in [0, 0.05) is 18.5 Å². The second-order valence-corrected chi connectivity index (χ2v) is 5.43. The average molecular weight is 298 g/mol. The molecule has 2 aromatic rings. The summed E-state index contributed by atoms with van der Waals surface area (Å²) in [5, 5.41) is 12.9. The quantitative estimate of drug-likeness (QED) is 0.482. The highest BCUT2D eigenvalue weighted by molar-refractivity contribution is 7.09. The Morgan fingerprint density at radius 3 is 2.95 bits per heavy atom. The molecule has 0 bridgehead atoms. The lowest BCUT2D eigenvalue weighted by molar-refractivity contribution is -0.384. The molecule has 0 unspecified atom stereocenters. The van der Waals surface area contributed by atoms with E-state index in [-0.39, 0.29) is 10.8 Å². The Morgan fingerprint density at radius 1 is 1.53 bits per heavy atom. The maximum absolute atomic E-state index is 10.8. The molecule has 2 aromatic heterocycles. The van der Waals surface area contributed by atoms with Crippen molar-refractivity contribution >= 4 is 34.4 Å². The van der Waals surface area contributed by atoms with Crippen LogP contribution in [0, 0.1) is 10.1 Å². The summed E-state index contributed by atoms with van der Waals surface area (Å²) in [6, 6.07) is 6.74. The molecule has 0 saturated heterocycles. The van der Waals surface area contributed by atoms with Gasteiger partial charge in [-0.1, -0.05) is 17.7 Å².